The first-order valence-electron chi connectivity index (χ1n) is 5.93. The highest BCUT2D eigenvalue weighted by Crippen LogP contribution is 2.37. The largest absolute Gasteiger partial charge is 0.418 e. The molecule has 0 radical (unpaired) electrons. The van der Waals surface area contributed by atoms with Crippen molar-refractivity contribution in [2.45, 2.75) is 19.1 Å². The summed E-state index contributed by atoms with van der Waals surface area (Å²) in [6.07, 6.45) is -4.51. The number of hydrogen-bond donors (Lipinski definition) is 1. The molecule has 1 N–H and O–H groups in total. The van der Waals surface area contributed by atoms with E-state index in [1.165, 1.54) is 23.5 Å². The molecule has 0 aliphatic carbocycles. The number of hydrogen-bond acceptors (Lipinski definition) is 3. The van der Waals surface area contributed by atoms with Gasteiger partial charge in [-0.15, -0.1) is 11.3 Å². The minimum atomic E-state index is -4.51. The number of nitriles is 1. The van der Waals surface area contributed by atoms with Crippen LogP contribution in [0.15, 0.2) is 34.1 Å². The molecule has 1 aromatic heterocycles. The van der Waals surface area contributed by atoms with E-state index in [1.54, 1.807) is 13.0 Å². The van der Waals surface area contributed by atoms with Crippen molar-refractivity contribution in [3.05, 3.63) is 50.1 Å². The van der Waals surface area contributed by atoms with Crippen LogP contribution in [-0.2, 0) is 6.18 Å². The van der Waals surface area contributed by atoms with Crippen LogP contribution in [-0.4, -0.2) is 0 Å². The first kappa shape index (κ1) is 15.9. The van der Waals surface area contributed by atoms with Crippen molar-refractivity contribution in [3.63, 3.8) is 0 Å². The van der Waals surface area contributed by atoms with E-state index in [0.29, 0.717) is 0 Å². The number of benzene rings is 1. The Balaban J connectivity index is 2.33. The van der Waals surface area contributed by atoms with E-state index in [0.717, 1.165) is 15.4 Å². The molecule has 1 heterocycles. The Hall–Kier alpha value is -1.52. The van der Waals surface area contributed by atoms with E-state index >= 15 is 0 Å². The lowest BCUT2D eigenvalue weighted by molar-refractivity contribution is -0.137. The van der Waals surface area contributed by atoms with Crippen LogP contribution >= 0.6 is 27.3 Å². The second kappa shape index (κ2) is 6.08. The third-order valence-electron chi connectivity index (χ3n) is 2.84. The van der Waals surface area contributed by atoms with Gasteiger partial charge in [-0.05, 0) is 47.1 Å². The first-order valence-corrected chi connectivity index (χ1v) is 7.60. The monoisotopic (exact) mass is 374 g/mol. The summed E-state index contributed by atoms with van der Waals surface area (Å²) >= 11 is 4.77. The van der Waals surface area contributed by atoms with Crippen LogP contribution < -0.4 is 5.32 Å². The Morgan fingerprint density at radius 2 is 2.05 bits per heavy atom. The fourth-order valence-electron chi connectivity index (χ4n) is 1.83. The number of nitrogens with one attached hydrogen (secondary N) is 1. The summed E-state index contributed by atoms with van der Waals surface area (Å²) in [5.74, 6) is 0. The quantitative estimate of drug-likeness (QED) is 0.761. The zero-order valence-electron chi connectivity index (χ0n) is 10.8. The molecule has 2 aromatic rings. The van der Waals surface area contributed by atoms with Gasteiger partial charge in [0.1, 0.15) is 0 Å². The van der Waals surface area contributed by atoms with Gasteiger partial charge in [-0.25, -0.2) is 0 Å². The van der Waals surface area contributed by atoms with E-state index in [9.17, 15) is 13.2 Å². The topological polar surface area (TPSA) is 35.8 Å². The maximum atomic E-state index is 13.1. The highest BCUT2D eigenvalue weighted by Gasteiger charge is 2.34. The number of anilines is 1. The molecule has 0 saturated heterocycles. The van der Waals surface area contributed by atoms with Crippen LogP contribution in [0.2, 0.25) is 0 Å². The fourth-order valence-corrected chi connectivity index (χ4v) is 3.29. The zero-order valence-corrected chi connectivity index (χ0v) is 13.2. The molecule has 1 atom stereocenters. The molecule has 0 amide bonds. The summed E-state index contributed by atoms with van der Waals surface area (Å²) in [7, 11) is 0. The van der Waals surface area contributed by atoms with E-state index in [-0.39, 0.29) is 17.3 Å². The van der Waals surface area contributed by atoms with Gasteiger partial charge in [-0.3, -0.25) is 0 Å². The highest BCUT2D eigenvalue weighted by atomic mass is 79.9. The van der Waals surface area contributed by atoms with Gasteiger partial charge >= 0.3 is 6.18 Å². The van der Waals surface area contributed by atoms with E-state index in [1.807, 2.05) is 11.4 Å². The van der Waals surface area contributed by atoms with Gasteiger partial charge in [0, 0.05) is 20.4 Å². The Kier molecular flexibility index (Phi) is 4.59. The van der Waals surface area contributed by atoms with Crippen molar-refractivity contribution >= 4 is 33.0 Å². The Bertz CT molecular complexity index is 688. The lowest BCUT2D eigenvalue weighted by Crippen LogP contribution is -2.13. The lowest BCUT2D eigenvalue weighted by atomic mass is 10.1. The summed E-state index contributed by atoms with van der Waals surface area (Å²) in [4.78, 5) is 0.916. The van der Waals surface area contributed by atoms with Crippen molar-refractivity contribution in [3.8, 4) is 6.07 Å². The van der Waals surface area contributed by atoms with E-state index in [4.69, 9.17) is 5.26 Å². The number of thiophene rings is 1. The molecular formula is C14H10BrF3N2S. The number of halogens is 4. The molecule has 0 bridgehead atoms. The standard InChI is InChI=1S/C14H10BrF3N2S/c1-8(13-5-10(15)7-21-13)20-12-3-2-9(6-19)4-11(12)14(16,17)18/h2-5,7-8,20H,1H3. The highest BCUT2D eigenvalue weighted by molar-refractivity contribution is 9.10. The van der Waals surface area contributed by atoms with Crippen LogP contribution in [0.1, 0.15) is 29.0 Å². The molecule has 21 heavy (non-hydrogen) atoms. The lowest BCUT2D eigenvalue weighted by Gasteiger charge is -2.18. The SMILES string of the molecule is CC(Nc1ccc(C#N)cc1C(F)(F)F)c1cc(Br)cs1. The zero-order chi connectivity index (χ0) is 15.6. The van der Waals surface area contributed by atoms with Gasteiger partial charge in [0.15, 0.2) is 0 Å². The third kappa shape index (κ3) is 3.77. The average molecular weight is 375 g/mol. The van der Waals surface area contributed by atoms with Crippen molar-refractivity contribution < 1.29 is 13.2 Å². The van der Waals surface area contributed by atoms with Gasteiger partial charge in [-0.1, -0.05) is 0 Å². The van der Waals surface area contributed by atoms with E-state index in [2.05, 4.69) is 21.2 Å². The molecule has 1 aromatic carbocycles. The Morgan fingerprint density at radius 3 is 2.57 bits per heavy atom. The van der Waals surface area contributed by atoms with Crippen molar-refractivity contribution in [1.29, 1.82) is 5.26 Å². The van der Waals surface area contributed by atoms with Gasteiger partial charge < -0.3 is 5.32 Å². The summed E-state index contributed by atoms with van der Waals surface area (Å²) in [5, 5.41) is 13.5. The predicted molar refractivity (Wildman–Crippen MR) is 80.2 cm³/mol. The van der Waals surface area contributed by atoms with Gasteiger partial charge in [0.25, 0.3) is 0 Å². The van der Waals surface area contributed by atoms with Crippen molar-refractivity contribution in [2.75, 3.05) is 5.32 Å². The minimum absolute atomic E-state index is 0.0144. The smallest absolute Gasteiger partial charge is 0.377 e. The Morgan fingerprint density at radius 1 is 1.33 bits per heavy atom. The minimum Gasteiger partial charge on any atom is -0.377 e. The number of nitrogens with zero attached hydrogens (tertiary/aromatic N) is 1. The molecular weight excluding hydrogens is 365 g/mol. The predicted octanol–water partition coefficient (Wildman–Crippen LogP) is 5.57. The van der Waals surface area contributed by atoms with Crippen LogP contribution in [0.5, 0.6) is 0 Å². The van der Waals surface area contributed by atoms with Crippen LogP contribution in [0.3, 0.4) is 0 Å². The second-order valence-electron chi connectivity index (χ2n) is 4.40. The molecule has 2 nitrogen and oxygen atoms in total. The second-order valence-corrected chi connectivity index (χ2v) is 6.26. The summed E-state index contributed by atoms with van der Waals surface area (Å²) in [6, 6.07) is 6.84. The number of alkyl halides is 3. The fraction of sp³-hybridized carbons (Fsp3) is 0.214. The summed E-state index contributed by atoms with van der Waals surface area (Å²) < 4.78 is 40.1. The van der Waals surface area contributed by atoms with Gasteiger partial charge in [-0.2, -0.15) is 18.4 Å². The summed E-state index contributed by atoms with van der Waals surface area (Å²) in [5.41, 5.74) is -0.873. The molecule has 7 heteroatoms. The maximum absolute atomic E-state index is 13.1. The molecule has 0 spiro atoms. The Labute approximate surface area is 132 Å². The molecule has 2 rings (SSSR count). The van der Waals surface area contributed by atoms with Gasteiger partial charge in [0.05, 0.1) is 23.2 Å². The number of rotatable bonds is 3. The normalized spacial score (nSPS) is 12.8. The van der Waals surface area contributed by atoms with Crippen molar-refractivity contribution in [1.82, 2.24) is 0 Å². The molecule has 0 saturated carbocycles. The maximum Gasteiger partial charge on any atom is 0.418 e. The third-order valence-corrected chi connectivity index (χ3v) is 4.72. The van der Waals surface area contributed by atoms with E-state index < -0.39 is 11.7 Å². The molecule has 0 aliphatic heterocycles. The van der Waals surface area contributed by atoms with Crippen molar-refractivity contribution in [2.24, 2.45) is 0 Å². The van der Waals surface area contributed by atoms with Crippen LogP contribution in [0, 0.1) is 11.3 Å². The molecule has 110 valence electrons. The van der Waals surface area contributed by atoms with Crippen LogP contribution in [0.25, 0.3) is 0 Å². The van der Waals surface area contributed by atoms with Crippen LogP contribution in [0.4, 0.5) is 18.9 Å². The molecule has 1 unspecified atom stereocenters. The molecule has 0 aliphatic rings. The molecule has 0 fully saturated rings. The average Bonchev–Trinajstić information content (AvgIpc) is 2.84. The summed E-state index contributed by atoms with van der Waals surface area (Å²) in [6.45, 7) is 1.79. The van der Waals surface area contributed by atoms with Gasteiger partial charge in [0.2, 0.25) is 0 Å². The first-order chi connectivity index (χ1) is 9.81.